The fraction of sp³-hybridized carbons (Fsp3) is 0.800. The number of nitrogens with two attached hydrogens (primary N) is 1. The van der Waals surface area contributed by atoms with Gasteiger partial charge in [-0.15, -0.1) is 0 Å². The molecule has 2 N–H and O–H groups in total. The number of fused-ring (bicyclic) bond motifs is 1. The maximum atomic E-state index is 5.55. The zero-order chi connectivity index (χ0) is 4.85. The van der Waals surface area contributed by atoms with E-state index in [1.165, 1.54) is 0 Å². The number of hydrogen-bond donors (Lipinski definition) is 1. The summed E-state index contributed by atoms with van der Waals surface area (Å²) in [5.41, 5.74) is 5.55. The smallest absolute Gasteiger partial charge is 0.278 e. The van der Waals surface area contributed by atoms with Gasteiger partial charge in [0.25, 0.3) is 12.6 Å². The van der Waals surface area contributed by atoms with Crippen molar-refractivity contribution in [3.63, 3.8) is 0 Å². The van der Waals surface area contributed by atoms with Gasteiger partial charge in [0.15, 0.2) is 0 Å². The van der Waals surface area contributed by atoms with Crippen molar-refractivity contribution in [1.82, 2.24) is 0 Å². The third-order valence-corrected chi connectivity index (χ3v) is 1.77. The summed E-state index contributed by atoms with van der Waals surface area (Å²) in [7, 11) is 0. The average molecular weight is 95.1 g/mol. The highest BCUT2D eigenvalue weighted by Crippen LogP contribution is 2.40. The van der Waals surface area contributed by atoms with Crippen LogP contribution in [0.1, 0.15) is 0 Å². The number of rotatable bonds is 0. The van der Waals surface area contributed by atoms with Crippen molar-refractivity contribution in [3.8, 4) is 6.07 Å². The second kappa shape index (κ2) is 0.823. The zero-order valence-corrected chi connectivity index (χ0v) is 3.96. The predicted octanol–water partition coefficient (Wildman–Crippen LogP) is -0.0938. The van der Waals surface area contributed by atoms with E-state index < -0.39 is 0 Å². The first kappa shape index (κ1) is 3.45. The Morgan fingerprint density at radius 1 is 1.71 bits per heavy atom. The molecular weight excluding hydrogens is 88.1 g/mol. The molecule has 7 heavy (non-hydrogen) atoms. The van der Waals surface area contributed by atoms with Gasteiger partial charge in [0.05, 0.1) is 5.92 Å². The molecule has 0 amide bonds. The van der Waals surface area contributed by atoms with Gasteiger partial charge < -0.3 is 5.73 Å². The molecule has 1 aliphatic carbocycles. The lowest BCUT2D eigenvalue weighted by atomic mass is 10.4. The Bertz CT molecular complexity index is 153. The molecule has 2 heteroatoms. The monoisotopic (exact) mass is 95.1 g/mol. The Labute approximate surface area is 42.1 Å². The second-order valence-electron chi connectivity index (χ2n) is 2.24. The molecule has 0 aromatic heterocycles. The third-order valence-electron chi connectivity index (χ3n) is 1.77. The molecule has 3 unspecified atom stereocenters. The largest absolute Gasteiger partial charge is 0.326 e. The van der Waals surface area contributed by atoms with Gasteiger partial charge in [-0.25, -0.2) is 0 Å². The quantitative estimate of drug-likeness (QED) is 0.447. The van der Waals surface area contributed by atoms with E-state index in [0.717, 1.165) is 6.54 Å². The summed E-state index contributed by atoms with van der Waals surface area (Å²) in [6.07, 6.45) is 0. The molecule has 2 aliphatic rings. The lowest BCUT2D eigenvalue weighted by Crippen LogP contribution is -2.05. The summed E-state index contributed by atoms with van der Waals surface area (Å²) in [6.45, 7) is 0.936. The van der Waals surface area contributed by atoms with Crippen LogP contribution in [0.3, 0.4) is 0 Å². The Morgan fingerprint density at radius 2 is 2.57 bits per heavy atom. The lowest BCUT2D eigenvalue weighted by molar-refractivity contribution is 0.866. The molecule has 0 aromatic carbocycles. The number of hydrogen-bond acceptors (Lipinski definition) is 1. The summed E-state index contributed by atoms with van der Waals surface area (Å²) in [6, 6.07) is 3.36. The molecule has 36 valence electrons. The van der Waals surface area contributed by atoms with Crippen molar-refractivity contribution in [2.75, 3.05) is 6.54 Å². The molecular formula is C5H7N2+. The van der Waals surface area contributed by atoms with Crippen molar-refractivity contribution < 1.29 is 0 Å². The van der Waals surface area contributed by atoms with Gasteiger partial charge in [0.2, 0.25) is 0 Å². The van der Waals surface area contributed by atoms with Crippen LogP contribution in [0.2, 0.25) is 0 Å². The van der Waals surface area contributed by atoms with Crippen LogP contribution in [-0.4, -0.2) is 12.6 Å². The van der Waals surface area contributed by atoms with Gasteiger partial charge in [-0.2, -0.15) is 0 Å². The van der Waals surface area contributed by atoms with Gasteiger partial charge in [0.1, 0.15) is 5.92 Å². The second-order valence-corrected chi connectivity index (χ2v) is 2.24. The van der Waals surface area contributed by atoms with Crippen LogP contribution in [-0.2, 0) is 0 Å². The van der Waals surface area contributed by atoms with Crippen LogP contribution in [0.25, 0.3) is 4.85 Å². The van der Waals surface area contributed by atoms with E-state index in [-0.39, 0.29) is 0 Å². The minimum atomic E-state index is 0.414. The van der Waals surface area contributed by atoms with Crippen molar-refractivity contribution in [3.05, 3.63) is 4.85 Å². The molecule has 1 aliphatic heterocycles. The highest BCUT2D eigenvalue weighted by molar-refractivity contribution is 5.23. The Morgan fingerprint density at radius 3 is 2.86 bits per heavy atom. The van der Waals surface area contributed by atoms with Crippen LogP contribution in [0, 0.1) is 17.9 Å². The Hall–Kier alpha value is -0.550. The van der Waals surface area contributed by atoms with Crippen molar-refractivity contribution in [1.29, 1.82) is 0 Å². The van der Waals surface area contributed by atoms with E-state index in [9.17, 15) is 0 Å². The van der Waals surface area contributed by atoms with Gasteiger partial charge in [0, 0.05) is 6.04 Å². The molecule has 0 spiro atoms. The molecule has 1 saturated carbocycles. The minimum absolute atomic E-state index is 0.414. The Kier molecular flexibility index (Phi) is 0.406. The highest BCUT2D eigenvalue weighted by Gasteiger charge is 2.57. The molecule has 1 fully saturated rings. The first-order valence-electron chi connectivity index (χ1n) is 2.57. The summed E-state index contributed by atoms with van der Waals surface area (Å²) in [4.78, 5) is 3.93. The number of nitrogens with zero attached hydrogens (tertiary/aromatic N) is 1. The van der Waals surface area contributed by atoms with Gasteiger partial charge in [-0.1, -0.05) is 4.85 Å². The van der Waals surface area contributed by atoms with E-state index in [0.29, 0.717) is 17.9 Å². The van der Waals surface area contributed by atoms with E-state index in [1.54, 1.807) is 0 Å². The minimum Gasteiger partial charge on any atom is -0.326 e. The lowest BCUT2D eigenvalue weighted by Gasteiger charge is -1.71. The standard InChI is InChI=1S/C5H7N2/c6-5-3-1-7-2-4(3)5/h3-5H,1,6H2/q+1. The van der Waals surface area contributed by atoms with Crippen LogP contribution < -0.4 is 5.73 Å². The zero-order valence-electron chi connectivity index (χ0n) is 3.96. The van der Waals surface area contributed by atoms with Crippen molar-refractivity contribution in [2.24, 2.45) is 17.6 Å². The van der Waals surface area contributed by atoms with Crippen molar-refractivity contribution in [2.45, 2.75) is 6.04 Å². The maximum absolute atomic E-state index is 5.55. The normalized spacial score (nSPS) is 52.4. The van der Waals surface area contributed by atoms with Crippen LogP contribution in [0.4, 0.5) is 0 Å². The molecule has 2 rings (SSSR count). The first-order valence-corrected chi connectivity index (χ1v) is 2.57. The summed E-state index contributed by atoms with van der Waals surface area (Å²) in [5, 5.41) is 0. The summed E-state index contributed by atoms with van der Waals surface area (Å²) in [5.74, 6) is 1.22. The van der Waals surface area contributed by atoms with Gasteiger partial charge in [-0.05, 0) is 0 Å². The third kappa shape index (κ3) is 0.272. The molecule has 0 bridgehead atoms. The van der Waals surface area contributed by atoms with E-state index >= 15 is 0 Å². The highest BCUT2D eigenvalue weighted by atomic mass is 14.9. The van der Waals surface area contributed by atoms with E-state index in [4.69, 9.17) is 5.73 Å². The molecule has 0 aromatic rings. The van der Waals surface area contributed by atoms with Crippen LogP contribution >= 0.6 is 0 Å². The molecule has 0 radical (unpaired) electrons. The van der Waals surface area contributed by atoms with Gasteiger partial charge in [-0.3, -0.25) is 0 Å². The van der Waals surface area contributed by atoms with E-state index in [2.05, 4.69) is 10.9 Å². The van der Waals surface area contributed by atoms with E-state index in [1.807, 2.05) is 0 Å². The summed E-state index contributed by atoms with van der Waals surface area (Å²) < 4.78 is 0. The average Bonchev–Trinajstić information content (AvgIpc) is 2.26. The molecule has 2 nitrogen and oxygen atoms in total. The fourth-order valence-electron chi connectivity index (χ4n) is 1.08. The fourth-order valence-corrected chi connectivity index (χ4v) is 1.08. The molecule has 3 atom stereocenters. The van der Waals surface area contributed by atoms with Gasteiger partial charge >= 0.3 is 0 Å². The first-order chi connectivity index (χ1) is 3.39. The topological polar surface area (TPSA) is 30.4 Å². The maximum Gasteiger partial charge on any atom is 0.278 e. The Balaban J connectivity index is 2.23. The predicted molar refractivity (Wildman–Crippen MR) is 27.1 cm³/mol. The molecule has 0 saturated heterocycles. The van der Waals surface area contributed by atoms with Crippen LogP contribution in [0.15, 0.2) is 0 Å². The SMILES string of the molecule is NC1C2C#[N+]CC12. The summed E-state index contributed by atoms with van der Waals surface area (Å²) >= 11 is 0. The molecule has 1 heterocycles. The van der Waals surface area contributed by atoms with Crippen molar-refractivity contribution >= 4 is 0 Å². The van der Waals surface area contributed by atoms with Crippen LogP contribution in [0.5, 0.6) is 0 Å².